The third-order valence-electron chi connectivity index (χ3n) is 12.7. The number of nitrogens with two attached hydrogens (primary N) is 1. The van der Waals surface area contributed by atoms with Crippen molar-refractivity contribution in [3.63, 3.8) is 0 Å². The quantitative estimate of drug-likeness (QED) is 0.0850. The number of rotatable bonds is 19. The number of carbonyl (C=O) groups excluding carboxylic acids is 9. The van der Waals surface area contributed by atoms with Gasteiger partial charge in [0.2, 0.25) is 53.2 Å². The summed E-state index contributed by atoms with van der Waals surface area (Å²) in [7, 11) is 2.36. The Bertz CT molecular complexity index is 2290. The standard InChI is InChI=1S/C49H73N11O12S2/c1-8-27(6)40(48(71)53-32(41(50)64)16-25(2)3)59-45(68)35(19-30-21-51-24-52-30)55-46(69)37-23-74-73-22-28(7)49(72)60-15-9-10-38(60)47(70)57-34(18-29-11-13-31(61)14-12-29)43(66)56-36(20-39(62)63)44(67)54-33(17-26(4)5)42(65)58-37/h11-14,21,24-28,32-38,40,61H,8-10,15-20,22-23H2,1-7H3,(H2,50,64)(H,51,52)(H,53,71)(H,54,67)(H,55,69)(H,56,66)(H,57,70)(H,58,65)(H,59,68)(H,62,63)/t27?,28-,32-,33-,34-,35-,36-,37-,38-,40-/m0/s1. The average molecular weight is 1070 g/mol. The monoisotopic (exact) mass is 1070 g/mol. The lowest BCUT2D eigenvalue weighted by Crippen LogP contribution is -2.61. The number of nitrogens with one attached hydrogen (secondary N) is 8. The first-order valence-corrected chi connectivity index (χ1v) is 27.4. The Balaban J connectivity index is 1.71. The number of aliphatic carboxylic acids is 1. The Kier molecular flexibility index (Phi) is 23.5. The highest BCUT2D eigenvalue weighted by atomic mass is 33.1. The number of aromatic hydroxyl groups is 1. The second-order valence-electron chi connectivity index (χ2n) is 19.8. The van der Waals surface area contributed by atoms with Crippen molar-refractivity contribution < 1.29 is 58.2 Å². The summed E-state index contributed by atoms with van der Waals surface area (Å²) >= 11 is 0. The van der Waals surface area contributed by atoms with E-state index in [4.69, 9.17) is 5.73 Å². The molecular formula is C49H73N11O12S2. The van der Waals surface area contributed by atoms with Gasteiger partial charge < -0.3 is 63.0 Å². The van der Waals surface area contributed by atoms with Crippen molar-refractivity contribution in [2.45, 2.75) is 148 Å². The summed E-state index contributed by atoms with van der Waals surface area (Å²) in [5.41, 5.74) is 6.54. The zero-order chi connectivity index (χ0) is 54.8. The number of phenolic OH excluding ortho intramolecular Hbond substituents is 1. The SMILES string of the molecule is CCC(C)[C@H](NC(=O)[C@H](Cc1cnc[nH]1)NC(=O)[C@@H]1CSSC[C@H](C)C(=O)N2CCC[C@H]2C(=O)N[C@@H](Cc2ccc(O)cc2)C(=O)N[C@@H](CC(=O)O)C(=O)N[C@@H](CC(C)C)C(=O)N1)C(=O)N[C@@H](CC(C)C)C(N)=O. The first-order valence-electron chi connectivity index (χ1n) is 24.9. The van der Waals surface area contributed by atoms with E-state index >= 15 is 0 Å². The van der Waals surface area contributed by atoms with E-state index in [1.165, 1.54) is 52.5 Å². The van der Waals surface area contributed by atoms with Crippen LogP contribution < -0.4 is 43.0 Å². The summed E-state index contributed by atoms with van der Waals surface area (Å²) in [6.07, 6.45) is 3.02. The van der Waals surface area contributed by atoms with Crippen molar-refractivity contribution >= 4 is 80.7 Å². The number of amides is 9. The molecule has 1 unspecified atom stereocenters. The van der Waals surface area contributed by atoms with E-state index in [-0.39, 0.29) is 73.6 Å². The minimum absolute atomic E-state index is 0.00325. The fourth-order valence-electron chi connectivity index (χ4n) is 8.39. The Morgan fingerprint density at radius 1 is 0.811 bits per heavy atom. The first kappa shape index (κ1) is 60.2. The first-order chi connectivity index (χ1) is 35.0. The fraction of sp³-hybridized carbons (Fsp3) is 0.612. The summed E-state index contributed by atoms with van der Waals surface area (Å²) < 4.78 is 0. The molecule has 2 fully saturated rings. The number of aromatic nitrogens is 2. The average Bonchev–Trinajstić information content (AvgIpc) is 4.05. The van der Waals surface area contributed by atoms with Crippen molar-refractivity contribution in [1.82, 2.24) is 52.1 Å². The predicted octanol–water partition coefficient (Wildman–Crippen LogP) is 0.415. The maximum Gasteiger partial charge on any atom is 0.305 e. The normalized spacial score (nSPS) is 23.2. The van der Waals surface area contributed by atoms with E-state index in [1.807, 2.05) is 20.8 Å². The number of carboxylic acid groups (broad SMARTS) is 1. The number of carbonyl (C=O) groups is 10. The number of nitrogens with zero attached hydrogens (tertiary/aromatic N) is 2. The van der Waals surface area contributed by atoms with Crippen LogP contribution in [0.5, 0.6) is 5.75 Å². The zero-order valence-electron chi connectivity index (χ0n) is 42.9. The number of imidazole rings is 1. The minimum atomic E-state index is -1.77. The summed E-state index contributed by atoms with van der Waals surface area (Å²) in [5, 5.41) is 38.4. The molecule has 74 heavy (non-hydrogen) atoms. The molecule has 12 N–H and O–H groups in total. The van der Waals surface area contributed by atoms with Gasteiger partial charge in [0.15, 0.2) is 0 Å². The van der Waals surface area contributed by atoms with E-state index in [1.54, 1.807) is 27.7 Å². The Morgan fingerprint density at radius 3 is 2.05 bits per heavy atom. The topological polar surface area (TPSA) is 353 Å². The van der Waals surface area contributed by atoms with Crippen molar-refractivity contribution in [3.05, 3.63) is 48.0 Å². The number of phenols is 1. The zero-order valence-corrected chi connectivity index (χ0v) is 44.6. The fourth-order valence-corrected chi connectivity index (χ4v) is 10.9. The van der Waals surface area contributed by atoms with Crippen LogP contribution in [0.15, 0.2) is 36.8 Å². The second-order valence-corrected chi connectivity index (χ2v) is 22.4. The molecule has 1 aromatic heterocycles. The lowest BCUT2D eigenvalue weighted by atomic mass is 9.96. The van der Waals surface area contributed by atoms with Crippen LogP contribution in [0.4, 0.5) is 0 Å². The van der Waals surface area contributed by atoms with Crippen LogP contribution in [0.2, 0.25) is 0 Å². The van der Waals surface area contributed by atoms with Gasteiger partial charge in [-0.3, -0.25) is 47.9 Å². The molecule has 3 heterocycles. The number of primary amides is 1. The molecule has 2 aromatic rings. The van der Waals surface area contributed by atoms with Gasteiger partial charge in [0, 0.05) is 48.7 Å². The molecule has 0 saturated carbocycles. The third-order valence-corrected chi connectivity index (χ3v) is 15.3. The number of hydrogen-bond donors (Lipinski definition) is 11. The molecule has 0 radical (unpaired) electrons. The van der Waals surface area contributed by atoms with E-state index in [0.29, 0.717) is 24.1 Å². The highest BCUT2D eigenvalue weighted by molar-refractivity contribution is 8.76. The molecule has 9 amide bonds. The predicted molar refractivity (Wildman–Crippen MR) is 276 cm³/mol. The van der Waals surface area contributed by atoms with Crippen LogP contribution in [0.1, 0.15) is 98.2 Å². The molecule has 2 saturated heterocycles. The van der Waals surface area contributed by atoms with Crippen molar-refractivity contribution in [2.24, 2.45) is 29.4 Å². The van der Waals surface area contributed by atoms with Gasteiger partial charge in [-0.25, -0.2) is 4.98 Å². The van der Waals surface area contributed by atoms with Crippen molar-refractivity contribution in [3.8, 4) is 5.75 Å². The Hall–Kier alpha value is -6.37. The van der Waals surface area contributed by atoms with Gasteiger partial charge >= 0.3 is 5.97 Å². The molecule has 23 nitrogen and oxygen atoms in total. The van der Waals surface area contributed by atoms with Crippen LogP contribution in [-0.4, -0.2) is 151 Å². The number of aromatic amines is 1. The van der Waals surface area contributed by atoms with Crippen molar-refractivity contribution in [2.75, 3.05) is 18.1 Å². The van der Waals surface area contributed by atoms with E-state index in [0.717, 1.165) is 10.8 Å². The molecule has 1 aromatic carbocycles. The van der Waals surface area contributed by atoms with Gasteiger partial charge in [0.25, 0.3) is 0 Å². The summed E-state index contributed by atoms with van der Waals surface area (Å²) in [4.78, 5) is 146. The smallest absolute Gasteiger partial charge is 0.305 e. The number of fused-ring (bicyclic) bond motifs is 1. The van der Waals surface area contributed by atoms with Crippen LogP contribution in [0.25, 0.3) is 0 Å². The lowest BCUT2D eigenvalue weighted by Gasteiger charge is -2.30. The molecule has 408 valence electrons. The molecule has 2 aliphatic heterocycles. The number of H-pyrrole nitrogens is 1. The number of carboxylic acids is 1. The minimum Gasteiger partial charge on any atom is -0.508 e. The molecular weight excluding hydrogens is 999 g/mol. The lowest BCUT2D eigenvalue weighted by molar-refractivity contribution is -0.142. The summed E-state index contributed by atoms with van der Waals surface area (Å²) in [6, 6.07) is -4.69. The van der Waals surface area contributed by atoms with Gasteiger partial charge in [0.05, 0.1) is 12.7 Å². The highest BCUT2D eigenvalue weighted by Crippen LogP contribution is 2.28. The van der Waals surface area contributed by atoms with Gasteiger partial charge in [0.1, 0.15) is 54.1 Å². The van der Waals surface area contributed by atoms with Gasteiger partial charge in [-0.2, -0.15) is 0 Å². The Morgan fingerprint density at radius 2 is 1.45 bits per heavy atom. The largest absolute Gasteiger partial charge is 0.508 e. The number of hydrogen-bond acceptors (Lipinski definition) is 14. The highest BCUT2D eigenvalue weighted by Gasteiger charge is 2.40. The maximum absolute atomic E-state index is 14.6. The van der Waals surface area contributed by atoms with Gasteiger partial charge in [-0.1, -0.05) is 88.6 Å². The molecule has 10 atom stereocenters. The second kappa shape index (κ2) is 28.9. The summed E-state index contributed by atoms with van der Waals surface area (Å²) in [6.45, 7) is 12.7. The van der Waals surface area contributed by atoms with Crippen LogP contribution in [-0.2, 0) is 60.8 Å². The molecule has 0 spiro atoms. The molecule has 2 aliphatic rings. The van der Waals surface area contributed by atoms with Crippen LogP contribution >= 0.6 is 21.6 Å². The molecule has 25 heteroatoms. The van der Waals surface area contributed by atoms with Gasteiger partial charge in [-0.15, -0.1) is 0 Å². The van der Waals surface area contributed by atoms with Crippen LogP contribution in [0.3, 0.4) is 0 Å². The molecule has 0 aliphatic carbocycles. The van der Waals surface area contributed by atoms with Crippen molar-refractivity contribution in [1.29, 1.82) is 0 Å². The van der Waals surface area contributed by atoms with E-state index in [9.17, 15) is 58.2 Å². The summed E-state index contributed by atoms with van der Waals surface area (Å²) in [5.74, 6) is -9.70. The van der Waals surface area contributed by atoms with E-state index in [2.05, 4.69) is 47.2 Å². The maximum atomic E-state index is 14.6. The number of benzene rings is 1. The van der Waals surface area contributed by atoms with Gasteiger partial charge in [-0.05, 0) is 61.1 Å². The third kappa shape index (κ3) is 18.5. The van der Waals surface area contributed by atoms with Crippen LogP contribution in [0, 0.1) is 23.7 Å². The molecule has 0 bridgehead atoms. The Labute approximate surface area is 438 Å². The van der Waals surface area contributed by atoms with E-state index < -0.39 is 120 Å². The molecule has 4 rings (SSSR count).